The Balaban J connectivity index is 1.78. The van der Waals surface area contributed by atoms with Crippen LogP contribution in [-0.2, 0) is 11.2 Å². The van der Waals surface area contributed by atoms with Crippen LogP contribution in [0.25, 0.3) is 11.6 Å². The monoisotopic (exact) mass is 312 g/mol. The van der Waals surface area contributed by atoms with Crippen molar-refractivity contribution in [1.82, 2.24) is 4.98 Å². The molecule has 4 rings (SSSR count). The van der Waals surface area contributed by atoms with Crippen molar-refractivity contribution in [1.29, 1.82) is 0 Å². The molecule has 1 aromatic carbocycles. The third-order valence-corrected chi connectivity index (χ3v) is 4.85. The van der Waals surface area contributed by atoms with Crippen molar-refractivity contribution >= 4 is 34.8 Å². The number of carbonyl (C=O) groups excluding carboxylic acids is 1. The van der Waals surface area contributed by atoms with Gasteiger partial charge in [-0.25, -0.2) is 0 Å². The van der Waals surface area contributed by atoms with Gasteiger partial charge in [0.25, 0.3) is 5.91 Å². The highest BCUT2D eigenvalue weighted by Gasteiger charge is 2.25. The summed E-state index contributed by atoms with van der Waals surface area (Å²) in [4.78, 5) is 15.7. The minimum Gasteiger partial charge on any atom is -0.359 e. The number of benzene rings is 1. The highest BCUT2D eigenvalue weighted by atomic mass is 35.5. The molecule has 2 heterocycles. The molecule has 1 aromatic heterocycles. The number of aromatic nitrogens is 1. The highest BCUT2D eigenvalue weighted by Crippen LogP contribution is 2.36. The van der Waals surface area contributed by atoms with E-state index in [4.69, 9.17) is 11.6 Å². The van der Waals surface area contributed by atoms with Gasteiger partial charge in [0.2, 0.25) is 0 Å². The molecule has 0 fully saturated rings. The van der Waals surface area contributed by atoms with Crippen LogP contribution in [0.1, 0.15) is 48.2 Å². The predicted octanol–water partition coefficient (Wildman–Crippen LogP) is 4.60. The number of anilines is 1. The maximum Gasteiger partial charge on any atom is 0.256 e. The molecule has 0 spiro atoms. The predicted molar refractivity (Wildman–Crippen MR) is 90.1 cm³/mol. The minimum absolute atomic E-state index is 0.0714. The number of nitrogens with one attached hydrogen (secondary N) is 2. The van der Waals surface area contributed by atoms with Crippen LogP contribution in [0.4, 0.5) is 5.69 Å². The molecule has 0 bridgehead atoms. The molecule has 2 aliphatic rings. The zero-order chi connectivity index (χ0) is 15.3. The Morgan fingerprint density at radius 3 is 3.00 bits per heavy atom. The van der Waals surface area contributed by atoms with Gasteiger partial charge in [-0.05, 0) is 61.1 Å². The summed E-state index contributed by atoms with van der Waals surface area (Å²) in [5, 5.41) is 3.53. The lowest BCUT2D eigenvalue weighted by atomic mass is 9.88. The summed E-state index contributed by atoms with van der Waals surface area (Å²) in [5.74, 6) is 0.518. The van der Waals surface area contributed by atoms with Crippen molar-refractivity contribution in [3.63, 3.8) is 0 Å². The second-order valence-corrected chi connectivity index (χ2v) is 6.59. The van der Waals surface area contributed by atoms with Gasteiger partial charge in [-0.3, -0.25) is 4.79 Å². The highest BCUT2D eigenvalue weighted by molar-refractivity contribution is 6.36. The van der Waals surface area contributed by atoms with E-state index in [1.807, 2.05) is 18.2 Å². The van der Waals surface area contributed by atoms with Gasteiger partial charge in [0, 0.05) is 27.7 Å². The fourth-order valence-electron chi connectivity index (χ4n) is 3.46. The van der Waals surface area contributed by atoms with Crippen molar-refractivity contribution in [2.24, 2.45) is 0 Å². The van der Waals surface area contributed by atoms with Gasteiger partial charge < -0.3 is 10.3 Å². The van der Waals surface area contributed by atoms with Gasteiger partial charge >= 0.3 is 0 Å². The van der Waals surface area contributed by atoms with Crippen LogP contribution >= 0.6 is 11.6 Å². The lowest BCUT2D eigenvalue weighted by molar-refractivity contribution is -0.110. The number of aromatic amines is 1. The van der Waals surface area contributed by atoms with Crippen LogP contribution < -0.4 is 5.32 Å². The van der Waals surface area contributed by atoms with E-state index >= 15 is 0 Å². The summed E-state index contributed by atoms with van der Waals surface area (Å²) >= 11 is 6.07. The molecule has 1 atom stereocenters. The van der Waals surface area contributed by atoms with Gasteiger partial charge in [0.1, 0.15) is 0 Å². The number of hydrogen-bond donors (Lipinski definition) is 2. The third-order valence-electron chi connectivity index (χ3n) is 4.61. The lowest BCUT2D eigenvalue weighted by Gasteiger charge is -2.17. The van der Waals surface area contributed by atoms with Crippen LogP contribution in [0.3, 0.4) is 0 Å². The maximum atomic E-state index is 12.2. The van der Waals surface area contributed by atoms with Crippen molar-refractivity contribution in [2.45, 2.75) is 32.1 Å². The van der Waals surface area contributed by atoms with Crippen LogP contribution in [0, 0.1) is 0 Å². The number of rotatable bonds is 1. The number of hydrogen-bond acceptors (Lipinski definition) is 1. The molecule has 0 saturated carbocycles. The molecule has 2 N–H and O–H groups in total. The Bertz CT molecular complexity index is 803. The second kappa shape index (κ2) is 5.03. The second-order valence-electron chi connectivity index (χ2n) is 6.15. The van der Waals surface area contributed by atoms with Crippen LogP contribution in [-0.4, -0.2) is 10.9 Å². The van der Waals surface area contributed by atoms with E-state index < -0.39 is 0 Å². The molecular formula is C18H17ClN2O. The Morgan fingerprint density at radius 2 is 2.18 bits per heavy atom. The van der Waals surface area contributed by atoms with E-state index in [-0.39, 0.29) is 5.91 Å². The number of H-pyrrole nitrogens is 1. The number of fused-ring (bicyclic) bond motifs is 2. The lowest BCUT2D eigenvalue weighted by Crippen LogP contribution is -2.04. The van der Waals surface area contributed by atoms with Crippen LogP contribution in [0.15, 0.2) is 24.3 Å². The van der Waals surface area contributed by atoms with Gasteiger partial charge in [-0.15, -0.1) is 0 Å². The van der Waals surface area contributed by atoms with Gasteiger partial charge in [0.15, 0.2) is 0 Å². The van der Waals surface area contributed by atoms with Gasteiger partial charge in [0.05, 0.1) is 5.57 Å². The largest absolute Gasteiger partial charge is 0.359 e. The third kappa shape index (κ3) is 2.17. The molecule has 0 radical (unpaired) electrons. The Kier molecular flexibility index (Phi) is 3.12. The first-order valence-corrected chi connectivity index (χ1v) is 8.04. The Labute approximate surface area is 134 Å². The summed E-state index contributed by atoms with van der Waals surface area (Å²) in [6, 6.07) is 7.66. The number of halogens is 1. The Morgan fingerprint density at radius 1 is 1.32 bits per heavy atom. The SMILES string of the molecule is CC1CCCc2[nH]c(C=C3C(=O)Nc4ccc(Cl)cc43)cc21. The molecule has 0 saturated heterocycles. The first kappa shape index (κ1) is 13.6. The summed E-state index contributed by atoms with van der Waals surface area (Å²) in [6.45, 7) is 2.26. The zero-order valence-corrected chi connectivity index (χ0v) is 13.1. The molecule has 112 valence electrons. The molecule has 2 aromatic rings. The molecule has 1 aliphatic carbocycles. The first-order valence-electron chi connectivity index (χ1n) is 7.66. The fourth-order valence-corrected chi connectivity index (χ4v) is 3.63. The fraction of sp³-hybridized carbons (Fsp3) is 0.278. The van der Waals surface area contributed by atoms with Gasteiger partial charge in [-0.1, -0.05) is 18.5 Å². The average Bonchev–Trinajstić information content (AvgIpc) is 3.03. The molecule has 22 heavy (non-hydrogen) atoms. The molecule has 1 unspecified atom stereocenters. The van der Waals surface area contributed by atoms with E-state index in [1.165, 1.54) is 24.1 Å². The molecular weight excluding hydrogens is 296 g/mol. The van der Waals surface area contributed by atoms with Crippen LogP contribution in [0.2, 0.25) is 5.02 Å². The number of amides is 1. The van der Waals surface area contributed by atoms with E-state index in [0.717, 1.165) is 23.4 Å². The molecule has 1 aliphatic heterocycles. The summed E-state index contributed by atoms with van der Waals surface area (Å²) < 4.78 is 0. The summed E-state index contributed by atoms with van der Waals surface area (Å²) in [7, 11) is 0. The van der Waals surface area contributed by atoms with E-state index in [1.54, 1.807) is 6.07 Å². The number of aryl methyl sites for hydroxylation is 1. The molecule has 3 nitrogen and oxygen atoms in total. The molecule has 4 heteroatoms. The van der Waals surface area contributed by atoms with Crippen molar-refractivity contribution < 1.29 is 4.79 Å². The Hall–Kier alpha value is -2.00. The summed E-state index contributed by atoms with van der Waals surface area (Å²) in [6.07, 6.45) is 5.49. The standard InChI is InChI=1S/C18H17ClN2O/c1-10-3-2-4-16-13(10)8-12(20-16)9-15-14-7-11(19)5-6-17(14)21-18(15)22/h5-10,20H,2-4H2,1H3,(H,21,22). The van der Waals surface area contributed by atoms with E-state index in [9.17, 15) is 4.79 Å². The summed E-state index contributed by atoms with van der Waals surface area (Å²) in [5.41, 5.74) is 6.07. The van der Waals surface area contributed by atoms with Crippen molar-refractivity contribution in [3.05, 3.63) is 51.8 Å². The van der Waals surface area contributed by atoms with Gasteiger partial charge in [-0.2, -0.15) is 0 Å². The molecule has 1 amide bonds. The average molecular weight is 313 g/mol. The minimum atomic E-state index is -0.0714. The first-order chi connectivity index (χ1) is 10.6. The number of carbonyl (C=O) groups is 1. The smallest absolute Gasteiger partial charge is 0.256 e. The van der Waals surface area contributed by atoms with Crippen molar-refractivity contribution in [3.8, 4) is 0 Å². The van der Waals surface area contributed by atoms with Crippen LogP contribution in [0.5, 0.6) is 0 Å². The topological polar surface area (TPSA) is 44.9 Å². The van der Waals surface area contributed by atoms with Crippen molar-refractivity contribution in [2.75, 3.05) is 5.32 Å². The van der Waals surface area contributed by atoms with E-state index in [2.05, 4.69) is 23.3 Å². The normalized spacial score (nSPS) is 21.6. The quantitative estimate of drug-likeness (QED) is 0.743. The zero-order valence-electron chi connectivity index (χ0n) is 12.4. The maximum absolute atomic E-state index is 12.2. The van der Waals surface area contributed by atoms with E-state index in [0.29, 0.717) is 16.5 Å².